The largest absolute Gasteiger partial charge is 0.399 e. The zero-order valence-corrected chi connectivity index (χ0v) is 14.3. The molecule has 0 saturated carbocycles. The summed E-state index contributed by atoms with van der Waals surface area (Å²) in [7, 11) is 0. The van der Waals surface area contributed by atoms with Gasteiger partial charge in [0.25, 0.3) is 5.91 Å². The van der Waals surface area contributed by atoms with Gasteiger partial charge >= 0.3 is 0 Å². The van der Waals surface area contributed by atoms with Crippen molar-refractivity contribution < 1.29 is 4.79 Å². The SMILES string of the molecule is CSc1ccc(C(C)NC(=O)c2cc(N)ccc2Br)cc1. The molecule has 2 aromatic carbocycles. The second kappa shape index (κ2) is 7.00. The molecule has 1 amide bonds. The lowest BCUT2D eigenvalue weighted by molar-refractivity contribution is 0.0939. The van der Waals surface area contributed by atoms with Crippen LogP contribution in [0.25, 0.3) is 0 Å². The lowest BCUT2D eigenvalue weighted by Crippen LogP contribution is -2.27. The van der Waals surface area contributed by atoms with Gasteiger partial charge < -0.3 is 11.1 Å². The zero-order valence-electron chi connectivity index (χ0n) is 11.9. The Morgan fingerprint density at radius 2 is 1.90 bits per heavy atom. The van der Waals surface area contributed by atoms with Gasteiger partial charge in [-0.2, -0.15) is 0 Å². The van der Waals surface area contributed by atoms with Crippen molar-refractivity contribution in [3.63, 3.8) is 0 Å². The summed E-state index contributed by atoms with van der Waals surface area (Å²) < 4.78 is 0.735. The van der Waals surface area contributed by atoms with E-state index >= 15 is 0 Å². The summed E-state index contributed by atoms with van der Waals surface area (Å²) in [6, 6.07) is 13.3. The fraction of sp³-hybridized carbons (Fsp3) is 0.188. The maximum Gasteiger partial charge on any atom is 0.252 e. The van der Waals surface area contributed by atoms with E-state index in [9.17, 15) is 4.79 Å². The van der Waals surface area contributed by atoms with Crippen molar-refractivity contribution >= 4 is 39.3 Å². The van der Waals surface area contributed by atoms with Crippen LogP contribution in [0.4, 0.5) is 5.69 Å². The van der Waals surface area contributed by atoms with Crippen LogP contribution in [0.5, 0.6) is 0 Å². The molecule has 21 heavy (non-hydrogen) atoms. The number of carbonyl (C=O) groups excluding carboxylic acids is 1. The number of hydrogen-bond acceptors (Lipinski definition) is 3. The van der Waals surface area contributed by atoms with E-state index in [1.165, 1.54) is 4.90 Å². The van der Waals surface area contributed by atoms with Gasteiger partial charge in [-0.3, -0.25) is 4.79 Å². The number of thioether (sulfide) groups is 1. The Labute approximate surface area is 137 Å². The van der Waals surface area contributed by atoms with Gasteiger partial charge in [0, 0.05) is 15.1 Å². The molecule has 0 radical (unpaired) electrons. The number of nitrogens with two attached hydrogens (primary N) is 1. The van der Waals surface area contributed by atoms with Crippen molar-refractivity contribution in [2.24, 2.45) is 0 Å². The maximum absolute atomic E-state index is 12.3. The third kappa shape index (κ3) is 4.02. The fourth-order valence-electron chi connectivity index (χ4n) is 1.97. The Morgan fingerprint density at radius 1 is 1.24 bits per heavy atom. The van der Waals surface area contributed by atoms with Gasteiger partial charge in [-0.05, 0) is 65.0 Å². The van der Waals surface area contributed by atoms with Crippen molar-refractivity contribution in [3.05, 3.63) is 58.1 Å². The topological polar surface area (TPSA) is 55.1 Å². The Balaban J connectivity index is 2.12. The third-order valence-corrected chi connectivity index (χ3v) is 4.63. The minimum atomic E-state index is -0.143. The number of amides is 1. The van der Waals surface area contributed by atoms with Crippen LogP contribution in [0.3, 0.4) is 0 Å². The number of benzene rings is 2. The second-order valence-electron chi connectivity index (χ2n) is 4.71. The number of nitrogen functional groups attached to an aromatic ring is 1. The molecule has 1 atom stereocenters. The molecule has 1 unspecified atom stereocenters. The van der Waals surface area contributed by atoms with Crippen LogP contribution in [0.1, 0.15) is 28.9 Å². The van der Waals surface area contributed by atoms with Crippen LogP contribution in [0.15, 0.2) is 51.8 Å². The van der Waals surface area contributed by atoms with Gasteiger partial charge in [-0.1, -0.05) is 12.1 Å². The molecule has 3 N–H and O–H groups in total. The minimum Gasteiger partial charge on any atom is -0.399 e. The van der Waals surface area contributed by atoms with Crippen LogP contribution in [0, 0.1) is 0 Å². The highest BCUT2D eigenvalue weighted by Crippen LogP contribution is 2.22. The molecule has 0 spiro atoms. The molecule has 110 valence electrons. The first-order valence-corrected chi connectivity index (χ1v) is 8.53. The molecule has 0 fully saturated rings. The molecule has 0 aromatic heterocycles. The molecule has 0 saturated heterocycles. The Morgan fingerprint density at radius 3 is 2.52 bits per heavy atom. The average molecular weight is 365 g/mol. The van der Waals surface area contributed by atoms with E-state index in [0.717, 1.165) is 10.0 Å². The van der Waals surface area contributed by atoms with Crippen molar-refractivity contribution in [1.29, 1.82) is 0 Å². The quantitative estimate of drug-likeness (QED) is 0.629. The predicted molar refractivity (Wildman–Crippen MR) is 92.7 cm³/mol. The standard InChI is InChI=1S/C16H17BrN2OS/c1-10(11-3-6-13(21-2)7-4-11)19-16(20)14-9-12(18)5-8-15(14)17/h3-10H,18H2,1-2H3,(H,19,20). The summed E-state index contributed by atoms with van der Waals surface area (Å²) in [6.07, 6.45) is 2.04. The summed E-state index contributed by atoms with van der Waals surface area (Å²) in [5, 5.41) is 2.99. The first kappa shape index (κ1) is 15.9. The van der Waals surface area contributed by atoms with Crippen LogP contribution in [-0.4, -0.2) is 12.2 Å². The lowest BCUT2D eigenvalue weighted by atomic mass is 10.1. The van der Waals surface area contributed by atoms with Gasteiger partial charge in [0.05, 0.1) is 11.6 Å². The van der Waals surface area contributed by atoms with E-state index in [0.29, 0.717) is 11.3 Å². The molecule has 0 aliphatic heterocycles. The summed E-state index contributed by atoms with van der Waals surface area (Å²) in [4.78, 5) is 13.5. The van der Waals surface area contributed by atoms with Crippen molar-refractivity contribution in [3.8, 4) is 0 Å². The van der Waals surface area contributed by atoms with Crippen LogP contribution in [-0.2, 0) is 0 Å². The zero-order chi connectivity index (χ0) is 15.4. The van der Waals surface area contributed by atoms with Gasteiger partial charge in [0.2, 0.25) is 0 Å². The molecular formula is C16H17BrN2OS. The first-order chi connectivity index (χ1) is 10.0. The van der Waals surface area contributed by atoms with Gasteiger partial charge in [-0.25, -0.2) is 0 Å². The molecule has 0 aliphatic carbocycles. The summed E-state index contributed by atoms with van der Waals surface area (Å²) >= 11 is 5.07. The normalized spacial score (nSPS) is 12.0. The van der Waals surface area contributed by atoms with Gasteiger partial charge in [-0.15, -0.1) is 11.8 Å². The minimum absolute atomic E-state index is 0.0678. The fourth-order valence-corrected chi connectivity index (χ4v) is 2.80. The molecule has 2 rings (SSSR count). The van der Waals surface area contributed by atoms with E-state index in [2.05, 4.69) is 33.4 Å². The highest BCUT2D eigenvalue weighted by Gasteiger charge is 2.14. The number of carbonyl (C=O) groups is 1. The maximum atomic E-state index is 12.3. The second-order valence-corrected chi connectivity index (χ2v) is 6.44. The molecule has 0 heterocycles. The molecule has 0 aliphatic rings. The molecule has 5 heteroatoms. The number of rotatable bonds is 4. The van der Waals surface area contributed by atoms with Gasteiger partial charge in [0.15, 0.2) is 0 Å². The smallest absolute Gasteiger partial charge is 0.252 e. The average Bonchev–Trinajstić information content (AvgIpc) is 2.49. The van der Waals surface area contributed by atoms with Crippen molar-refractivity contribution in [2.75, 3.05) is 12.0 Å². The van der Waals surface area contributed by atoms with Gasteiger partial charge in [0.1, 0.15) is 0 Å². The van der Waals surface area contributed by atoms with E-state index in [4.69, 9.17) is 5.73 Å². The Hall–Kier alpha value is -1.46. The summed E-state index contributed by atoms with van der Waals surface area (Å²) in [5.41, 5.74) is 7.92. The highest BCUT2D eigenvalue weighted by molar-refractivity contribution is 9.10. The van der Waals surface area contributed by atoms with Crippen molar-refractivity contribution in [1.82, 2.24) is 5.32 Å². The Bertz CT molecular complexity index is 643. The van der Waals surface area contributed by atoms with Crippen LogP contribution in [0.2, 0.25) is 0 Å². The summed E-state index contributed by atoms with van der Waals surface area (Å²) in [5.74, 6) is -0.143. The number of halogens is 1. The van der Waals surface area contributed by atoms with E-state index in [1.54, 1.807) is 30.0 Å². The molecule has 0 bridgehead atoms. The van der Waals surface area contributed by atoms with Crippen molar-refractivity contribution in [2.45, 2.75) is 17.9 Å². The predicted octanol–water partition coefficient (Wildman–Crippen LogP) is 4.24. The number of anilines is 1. The van der Waals surface area contributed by atoms with Crippen LogP contribution < -0.4 is 11.1 Å². The molecular weight excluding hydrogens is 348 g/mol. The molecule has 2 aromatic rings. The Kier molecular flexibility index (Phi) is 5.31. The number of hydrogen-bond donors (Lipinski definition) is 2. The van der Waals surface area contributed by atoms with Crippen LogP contribution >= 0.6 is 27.7 Å². The van der Waals surface area contributed by atoms with E-state index < -0.39 is 0 Å². The molecule has 3 nitrogen and oxygen atoms in total. The lowest BCUT2D eigenvalue weighted by Gasteiger charge is -2.15. The highest BCUT2D eigenvalue weighted by atomic mass is 79.9. The first-order valence-electron chi connectivity index (χ1n) is 6.51. The number of nitrogens with one attached hydrogen (secondary N) is 1. The third-order valence-electron chi connectivity index (χ3n) is 3.20. The monoisotopic (exact) mass is 364 g/mol. The van der Waals surface area contributed by atoms with E-state index in [1.807, 2.05) is 25.3 Å². The van der Waals surface area contributed by atoms with E-state index in [-0.39, 0.29) is 11.9 Å². The summed E-state index contributed by atoms with van der Waals surface area (Å²) in [6.45, 7) is 1.96.